The standard InChI is InChI=1S/C25H29N3OS/c1-20(25(29)26-19-23-13-8-18-30-23)27-14-16-28(17-15-27)24(21-9-4-2-5-10-21)22-11-6-3-7-12-22/h2-13,18,20,24H,14-17,19H2,1H3,(H,26,29). The first kappa shape index (κ1) is 20.8. The Morgan fingerprint density at radius 3 is 1.97 bits per heavy atom. The number of piperazine rings is 1. The second-order valence-corrected chi connectivity index (χ2v) is 8.80. The highest BCUT2D eigenvalue weighted by Crippen LogP contribution is 2.29. The summed E-state index contributed by atoms with van der Waals surface area (Å²) in [5.41, 5.74) is 2.64. The van der Waals surface area contributed by atoms with Crippen molar-refractivity contribution >= 4 is 17.2 Å². The van der Waals surface area contributed by atoms with Crippen molar-refractivity contribution in [1.82, 2.24) is 15.1 Å². The number of carbonyl (C=O) groups excluding carboxylic acids is 1. The molecule has 0 radical (unpaired) electrons. The number of rotatable bonds is 7. The van der Waals surface area contributed by atoms with Crippen molar-refractivity contribution in [3.05, 3.63) is 94.2 Å². The van der Waals surface area contributed by atoms with Crippen LogP contribution in [0.25, 0.3) is 0 Å². The van der Waals surface area contributed by atoms with E-state index in [1.165, 1.54) is 16.0 Å². The van der Waals surface area contributed by atoms with Crippen LogP contribution in [0.1, 0.15) is 29.0 Å². The molecule has 1 aliphatic heterocycles. The molecule has 2 heterocycles. The summed E-state index contributed by atoms with van der Waals surface area (Å²) < 4.78 is 0. The summed E-state index contributed by atoms with van der Waals surface area (Å²) in [6.45, 7) is 6.30. The van der Waals surface area contributed by atoms with Crippen molar-refractivity contribution in [2.24, 2.45) is 0 Å². The lowest BCUT2D eigenvalue weighted by Crippen LogP contribution is -2.54. The van der Waals surface area contributed by atoms with Crippen molar-refractivity contribution in [2.75, 3.05) is 26.2 Å². The molecule has 1 N–H and O–H groups in total. The van der Waals surface area contributed by atoms with Gasteiger partial charge >= 0.3 is 0 Å². The number of thiophene rings is 1. The van der Waals surface area contributed by atoms with E-state index >= 15 is 0 Å². The number of hydrogen-bond donors (Lipinski definition) is 1. The maximum atomic E-state index is 12.6. The highest BCUT2D eigenvalue weighted by atomic mass is 32.1. The van der Waals surface area contributed by atoms with E-state index in [0.717, 1.165) is 26.2 Å². The van der Waals surface area contributed by atoms with E-state index in [9.17, 15) is 4.79 Å². The zero-order valence-corrected chi connectivity index (χ0v) is 18.2. The zero-order valence-electron chi connectivity index (χ0n) is 17.4. The SMILES string of the molecule is CC(C(=O)NCc1cccs1)N1CCN(C(c2ccccc2)c2ccccc2)CC1. The van der Waals surface area contributed by atoms with Crippen LogP contribution in [0.3, 0.4) is 0 Å². The summed E-state index contributed by atoms with van der Waals surface area (Å²) in [5, 5.41) is 5.13. The van der Waals surface area contributed by atoms with Gasteiger partial charge in [0.25, 0.3) is 0 Å². The molecule has 1 fully saturated rings. The Kier molecular flexibility index (Phi) is 6.95. The van der Waals surface area contributed by atoms with Gasteiger partial charge in [-0.05, 0) is 29.5 Å². The van der Waals surface area contributed by atoms with E-state index in [4.69, 9.17) is 0 Å². The fourth-order valence-electron chi connectivity index (χ4n) is 4.17. The Morgan fingerprint density at radius 1 is 0.867 bits per heavy atom. The molecule has 0 spiro atoms. The Balaban J connectivity index is 1.39. The van der Waals surface area contributed by atoms with Gasteiger partial charge in [0.2, 0.25) is 5.91 Å². The normalized spacial score (nSPS) is 16.5. The van der Waals surface area contributed by atoms with Crippen molar-refractivity contribution in [3.8, 4) is 0 Å². The molecule has 1 saturated heterocycles. The first-order valence-electron chi connectivity index (χ1n) is 10.6. The highest BCUT2D eigenvalue weighted by Gasteiger charge is 2.30. The van der Waals surface area contributed by atoms with Crippen LogP contribution in [-0.2, 0) is 11.3 Å². The van der Waals surface area contributed by atoms with Crippen LogP contribution in [0.4, 0.5) is 0 Å². The molecule has 156 valence electrons. The molecule has 1 atom stereocenters. The molecule has 5 heteroatoms. The predicted octanol–water partition coefficient (Wildman–Crippen LogP) is 4.16. The van der Waals surface area contributed by atoms with Crippen LogP contribution >= 0.6 is 11.3 Å². The molecule has 1 aliphatic rings. The second-order valence-electron chi connectivity index (χ2n) is 7.77. The van der Waals surface area contributed by atoms with E-state index in [1.54, 1.807) is 11.3 Å². The fourth-order valence-corrected chi connectivity index (χ4v) is 4.81. The number of hydrogen-bond acceptors (Lipinski definition) is 4. The Labute approximate surface area is 183 Å². The van der Waals surface area contributed by atoms with Gasteiger partial charge in [-0.15, -0.1) is 11.3 Å². The molecule has 4 nitrogen and oxygen atoms in total. The molecule has 2 aromatic carbocycles. The van der Waals surface area contributed by atoms with Crippen LogP contribution in [0.5, 0.6) is 0 Å². The first-order chi connectivity index (χ1) is 14.7. The van der Waals surface area contributed by atoms with Crippen LogP contribution in [0.2, 0.25) is 0 Å². The van der Waals surface area contributed by atoms with Gasteiger partial charge < -0.3 is 5.32 Å². The fraction of sp³-hybridized carbons (Fsp3) is 0.320. The Hall–Kier alpha value is -2.47. The molecule has 1 unspecified atom stereocenters. The molecule has 1 amide bonds. The Bertz CT molecular complexity index is 867. The molecular formula is C25H29N3OS. The number of carbonyl (C=O) groups is 1. The number of amides is 1. The van der Waals surface area contributed by atoms with Crippen LogP contribution in [0.15, 0.2) is 78.2 Å². The average molecular weight is 420 g/mol. The largest absolute Gasteiger partial charge is 0.350 e. The molecule has 0 saturated carbocycles. The molecule has 0 aliphatic carbocycles. The average Bonchev–Trinajstić information content (AvgIpc) is 3.33. The summed E-state index contributed by atoms with van der Waals surface area (Å²) in [6.07, 6.45) is 0. The van der Waals surface area contributed by atoms with Gasteiger partial charge in [-0.25, -0.2) is 0 Å². The third kappa shape index (κ3) is 4.98. The second kappa shape index (κ2) is 10.0. The lowest BCUT2D eigenvalue weighted by molar-refractivity contribution is -0.126. The lowest BCUT2D eigenvalue weighted by atomic mass is 9.96. The van der Waals surface area contributed by atoms with E-state index < -0.39 is 0 Å². The topological polar surface area (TPSA) is 35.6 Å². The van der Waals surface area contributed by atoms with Gasteiger partial charge in [0.1, 0.15) is 0 Å². The third-order valence-electron chi connectivity index (χ3n) is 5.89. The minimum absolute atomic E-state index is 0.111. The van der Waals surface area contributed by atoms with Crippen molar-refractivity contribution in [1.29, 1.82) is 0 Å². The summed E-state index contributed by atoms with van der Waals surface area (Å²) >= 11 is 1.68. The van der Waals surface area contributed by atoms with E-state index in [-0.39, 0.29) is 18.0 Å². The van der Waals surface area contributed by atoms with Gasteiger partial charge in [0.05, 0.1) is 18.6 Å². The minimum Gasteiger partial charge on any atom is -0.350 e. The molecule has 4 rings (SSSR count). The monoisotopic (exact) mass is 419 g/mol. The predicted molar refractivity (Wildman–Crippen MR) is 124 cm³/mol. The zero-order chi connectivity index (χ0) is 20.8. The summed E-state index contributed by atoms with van der Waals surface area (Å²) in [7, 11) is 0. The van der Waals surface area contributed by atoms with Crippen molar-refractivity contribution in [2.45, 2.75) is 25.6 Å². The van der Waals surface area contributed by atoms with Gasteiger partial charge in [-0.2, -0.15) is 0 Å². The van der Waals surface area contributed by atoms with Gasteiger partial charge in [0.15, 0.2) is 0 Å². The van der Waals surface area contributed by atoms with Gasteiger partial charge in [0, 0.05) is 31.1 Å². The van der Waals surface area contributed by atoms with Crippen molar-refractivity contribution in [3.63, 3.8) is 0 Å². The molecule has 1 aromatic heterocycles. The maximum Gasteiger partial charge on any atom is 0.237 e. The van der Waals surface area contributed by atoms with Crippen LogP contribution < -0.4 is 5.32 Å². The van der Waals surface area contributed by atoms with Crippen LogP contribution in [-0.4, -0.2) is 47.9 Å². The molecule has 3 aromatic rings. The van der Waals surface area contributed by atoms with E-state index in [1.807, 2.05) is 18.4 Å². The van der Waals surface area contributed by atoms with Crippen LogP contribution in [0, 0.1) is 0 Å². The third-order valence-corrected chi connectivity index (χ3v) is 6.77. The lowest BCUT2D eigenvalue weighted by Gasteiger charge is -2.41. The summed E-state index contributed by atoms with van der Waals surface area (Å²) in [4.78, 5) is 18.7. The maximum absolute atomic E-state index is 12.6. The summed E-state index contributed by atoms with van der Waals surface area (Å²) in [6, 6.07) is 25.7. The smallest absolute Gasteiger partial charge is 0.237 e. The van der Waals surface area contributed by atoms with E-state index in [2.05, 4.69) is 81.8 Å². The van der Waals surface area contributed by atoms with Crippen molar-refractivity contribution < 1.29 is 4.79 Å². The van der Waals surface area contributed by atoms with Gasteiger partial charge in [-0.1, -0.05) is 66.7 Å². The summed E-state index contributed by atoms with van der Waals surface area (Å²) in [5.74, 6) is 0.111. The van der Waals surface area contributed by atoms with Gasteiger partial charge in [-0.3, -0.25) is 14.6 Å². The molecular weight excluding hydrogens is 390 g/mol. The molecule has 30 heavy (non-hydrogen) atoms. The Morgan fingerprint density at radius 2 is 1.43 bits per heavy atom. The number of benzene rings is 2. The molecule has 0 bridgehead atoms. The first-order valence-corrected chi connectivity index (χ1v) is 11.5. The number of nitrogens with one attached hydrogen (secondary N) is 1. The number of nitrogens with zero attached hydrogens (tertiary/aromatic N) is 2. The highest BCUT2D eigenvalue weighted by molar-refractivity contribution is 7.09. The quantitative estimate of drug-likeness (QED) is 0.625. The minimum atomic E-state index is -0.112. The van der Waals surface area contributed by atoms with E-state index in [0.29, 0.717) is 6.54 Å².